The summed E-state index contributed by atoms with van der Waals surface area (Å²) in [5.41, 5.74) is -1.52. The summed E-state index contributed by atoms with van der Waals surface area (Å²) < 4.78 is 38.9. The van der Waals surface area contributed by atoms with Crippen molar-refractivity contribution in [1.29, 1.82) is 0 Å². The second-order valence-corrected chi connectivity index (χ2v) is 4.38. The van der Waals surface area contributed by atoms with E-state index >= 15 is 0 Å². The summed E-state index contributed by atoms with van der Waals surface area (Å²) >= 11 is 0. The van der Waals surface area contributed by atoms with Gasteiger partial charge in [-0.3, -0.25) is 4.79 Å². The van der Waals surface area contributed by atoms with E-state index in [1.165, 1.54) is 6.92 Å². The van der Waals surface area contributed by atoms with Crippen LogP contribution in [0.3, 0.4) is 0 Å². The smallest absolute Gasteiger partial charge is 0.257 e. The molecule has 1 aromatic carbocycles. The third kappa shape index (κ3) is 2.00. The predicted molar refractivity (Wildman–Crippen MR) is 52.8 cm³/mol. The quantitative estimate of drug-likeness (QED) is 0.758. The van der Waals surface area contributed by atoms with Crippen LogP contribution in [0.5, 0.6) is 0 Å². The van der Waals surface area contributed by atoms with E-state index in [0.29, 0.717) is 6.07 Å². The minimum Gasteiger partial charge on any atom is -0.386 e. The van der Waals surface area contributed by atoms with Crippen molar-refractivity contribution in [3.05, 3.63) is 35.1 Å². The van der Waals surface area contributed by atoms with Gasteiger partial charge in [-0.2, -0.15) is 0 Å². The molecule has 1 amide bonds. The van der Waals surface area contributed by atoms with E-state index in [1.54, 1.807) is 0 Å². The Balaban J connectivity index is 2.24. The van der Waals surface area contributed by atoms with Crippen molar-refractivity contribution in [2.24, 2.45) is 0 Å². The highest BCUT2D eigenvalue weighted by atomic mass is 19.2. The lowest BCUT2D eigenvalue weighted by Crippen LogP contribution is -2.61. The van der Waals surface area contributed by atoms with Gasteiger partial charge in [0.2, 0.25) is 0 Å². The van der Waals surface area contributed by atoms with Gasteiger partial charge in [-0.05, 0) is 19.1 Å². The van der Waals surface area contributed by atoms with Crippen LogP contribution in [0.2, 0.25) is 0 Å². The Bertz CT molecular complexity index is 480. The maximum atomic E-state index is 13.3. The number of carbonyl (C=O) groups is 1. The van der Waals surface area contributed by atoms with Crippen LogP contribution in [0.4, 0.5) is 13.2 Å². The normalized spacial score (nSPS) is 17.8. The molecule has 0 aromatic heterocycles. The van der Waals surface area contributed by atoms with Crippen molar-refractivity contribution < 1.29 is 23.1 Å². The molecule has 0 spiro atoms. The lowest BCUT2D eigenvalue weighted by Gasteiger charge is -2.44. The Labute approximate surface area is 95.5 Å². The van der Waals surface area contributed by atoms with E-state index < -0.39 is 34.5 Å². The van der Waals surface area contributed by atoms with Crippen LogP contribution in [0.25, 0.3) is 0 Å². The van der Waals surface area contributed by atoms with Gasteiger partial charge in [0.15, 0.2) is 17.5 Å². The van der Waals surface area contributed by atoms with Crippen molar-refractivity contribution in [3.63, 3.8) is 0 Å². The third-order valence-corrected chi connectivity index (χ3v) is 2.62. The van der Waals surface area contributed by atoms with E-state index in [1.807, 2.05) is 0 Å². The summed E-state index contributed by atoms with van der Waals surface area (Å²) in [5.74, 6) is -5.26. The molecule has 1 aromatic rings. The highest BCUT2D eigenvalue weighted by Crippen LogP contribution is 2.24. The van der Waals surface area contributed by atoms with E-state index in [-0.39, 0.29) is 13.1 Å². The van der Waals surface area contributed by atoms with Crippen LogP contribution in [0, 0.1) is 17.5 Å². The van der Waals surface area contributed by atoms with E-state index in [0.717, 1.165) is 11.0 Å². The standard InChI is InChI=1S/C11H10F3NO2/c1-11(17)4-15(5-11)10(16)6-2-3-7(12)9(14)8(6)13/h2-3,17H,4-5H2,1H3. The van der Waals surface area contributed by atoms with Gasteiger partial charge in [-0.25, -0.2) is 13.2 Å². The van der Waals surface area contributed by atoms with Crippen LogP contribution >= 0.6 is 0 Å². The molecule has 1 aliphatic heterocycles. The van der Waals surface area contributed by atoms with E-state index in [9.17, 15) is 23.1 Å². The topological polar surface area (TPSA) is 40.5 Å². The largest absolute Gasteiger partial charge is 0.386 e. The minimum atomic E-state index is -1.66. The number of likely N-dealkylation sites (tertiary alicyclic amines) is 1. The Hall–Kier alpha value is -1.56. The van der Waals surface area contributed by atoms with Crippen molar-refractivity contribution in [1.82, 2.24) is 4.90 Å². The van der Waals surface area contributed by atoms with E-state index in [2.05, 4.69) is 0 Å². The SMILES string of the molecule is CC1(O)CN(C(=O)c2ccc(F)c(F)c2F)C1. The molecule has 92 valence electrons. The van der Waals surface area contributed by atoms with Gasteiger partial charge in [0, 0.05) is 0 Å². The first-order valence-electron chi connectivity index (χ1n) is 4.97. The molecule has 2 rings (SSSR count). The fourth-order valence-corrected chi connectivity index (χ4v) is 1.78. The van der Waals surface area contributed by atoms with Crippen LogP contribution in [0.15, 0.2) is 12.1 Å². The maximum Gasteiger partial charge on any atom is 0.257 e. The van der Waals surface area contributed by atoms with Crippen molar-refractivity contribution in [2.45, 2.75) is 12.5 Å². The Morgan fingerprint density at radius 1 is 1.29 bits per heavy atom. The molecular weight excluding hydrogens is 235 g/mol. The van der Waals surface area contributed by atoms with Crippen molar-refractivity contribution in [2.75, 3.05) is 13.1 Å². The number of rotatable bonds is 1. The van der Waals surface area contributed by atoms with Crippen LogP contribution in [0.1, 0.15) is 17.3 Å². The van der Waals surface area contributed by atoms with Gasteiger partial charge in [-0.1, -0.05) is 0 Å². The molecule has 1 N–H and O–H groups in total. The zero-order valence-corrected chi connectivity index (χ0v) is 9.01. The number of carbonyl (C=O) groups excluding carboxylic acids is 1. The number of hydrogen-bond acceptors (Lipinski definition) is 2. The summed E-state index contributed by atoms with van der Waals surface area (Å²) in [6.07, 6.45) is 0. The molecule has 17 heavy (non-hydrogen) atoms. The molecular formula is C11H10F3NO2. The van der Waals surface area contributed by atoms with Crippen LogP contribution in [-0.2, 0) is 0 Å². The highest BCUT2D eigenvalue weighted by Gasteiger charge is 2.40. The molecule has 1 fully saturated rings. The number of aliphatic hydroxyl groups is 1. The van der Waals surface area contributed by atoms with Crippen molar-refractivity contribution >= 4 is 5.91 Å². The number of amides is 1. The monoisotopic (exact) mass is 245 g/mol. The van der Waals surface area contributed by atoms with Crippen LogP contribution < -0.4 is 0 Å². The first kappa shape index (κ1) is 11.9. The van der Waals surface area contributed by atoms with Gasteiger partial charge in [-0.15, -0.1) is 0 Å². The fourth-order valence-electron chi connectivity index (χ4n) is 1.78. The molecule has 1 aliphatic rings. The Kier molecular flexibility index (Phi) is 2.61. The zero-order chi connectivity index (χ0) is 12.8. The van der Waals surface area contributed by atoms with Gasteiger partial charge < -0.3 is 10.0 Å². The lowest BCUT2D eigenvalue weighted by atomic mass is 9.96. The first-order chi connectivity index (χ1) is 7.82. The Morgan fingerprint density at radius 3 is 2.41 bits per heavy atom. The average Bonchev–Trinajstić information content (AvgIpc) is 2.22. The maximum absolute atomic E-state index is 13.3. The summed E-state index contributed by atoms with van der Waals surface area (Å²) in [5, 5.41) is 9.43. The summed E-state index contributed by atoms with van der Waals surface area (Å²) in [6, 6.07) is 1.59. The van der Waals surface area contributed by atoms with Gasteiger partial charge >= 0.3 is 0 Å². The minimum absolute atomic E-state index is 0.0459. The molecule has 0 atom stereocenters. The zero-order valence-electron chi connectivity index (χ0n) is 9.01. The molecule has 1 saturated heterocycles. The average molecular weight is 245 g/mol. The summed E-state index contributed by atoms with van der Waals surface area (Å²) in [4.78, 5) is 12.8. The number of β-amino-alcohol motifs (C(OH)–C–C–N with tert-alkyl or cyclic N) is 1. The summed E-state index contributed by atoms with van der Waals surface area (Å²) in [6.45, 7) is 1.62. The molecule has 0 unspecified atom stereocenters. The second kappa shape index (κ2) is 3.73. The molecule has 0 saturated carbocycles. The Morgan fingerprint density at radius 2 is 1.88 bits per heavy atom. The van der Waals surface area contributed by atoms with E-state index in [4.69, 9.17) is 0 Å². The fraction of sp³-hybridized carbons (Fsp3) is 0.364. The molecule has 0 radical (unpaired) electrons. The number of hydrogen-bond donors (Lipinski definition) is 1. The lowest BCUT2D eigenvalue weighted by molar-refractivity contribution is -0.0670. The van der Waals surface area contributed by atoms with Gasteiger partial charge in [0.05, 0.1) is 24.3 Å². The number of nitrogens with zero attached hydrogens (tertiary/aromatic N) is 1. The molecule has 0 aliphatic carbocycles. The predicted octanol–water partition coefficient (Wildman–Crippen LogP) is 1.31. The number of benzene rings is 1. The third-order valence-electron chi connectivity index (χ3n) is 2.62. The first-order valence-corrected chi connectivity index (χ1v) is 4.97. The highest BCUT2D eigenvalue weighted by molar-refractivity contribution is 5.95. The van der Waals surface area contributed by atoms with Crippen LogP contribution in [-0.4, -0.2) is 34.6 Å². The molecule has 3 nitrogen and oxygen atoms in total. The molecule has 6 heteroatoms. The second-order valence-electron chi connectivity index (χ2n) is 4.38. The molecule has 1 heterocycles. The number of halogens is 3. The van der Waals surface area contributed by atoms with Gasteiger partial charge in [0.1, 0.15) is 0 Å². The van der Waals surface area contributed by atoms with Gasteiger partial charge in [0.25, 0.3) is 5.91 Å². The molecule has 0 bridgehead atoms. The van der Waals surface area contributed by atoms with Crippen molar-refractivity contribution in [3.8, 4) is 0 Å². The summed E-state index contributed by atoms with van der Waals surface area (Å²) in [7, 11) is 0.